The molecule has 94 valence electrons. The molecule has 2 rings (SSSR count). The highest BCUT2D eigenvalue weighted by Crippen LogP contribution is 2.41. The van der Waals surface area contributed by atoms with Crippen molar-refractivity contribution in [3.63, 3.8) is 0 Å². The van der Waals surface area contributed by atoms with Crippen molar-refractivity contribution >= 4 is 46.4 Å². The minimum absolute atomic E-state index is 0.367. The van der Waals surface area contributed by atoms with E-state index >= 15 is 0 Å². The van der Waals surface area contributed by atoms with Gasteiger partial charge < -0.3 is 5.73 Å². The zero-order valence-electron chi connectivity index (χ0n) is 9.18. The highest BCUT2D eigenvalue weighted by molar-refractivity contribution is 6.46. The lowest BCUT2D eigenvalue weighted by atomic mass is 9.99. The van der Waals surface area contributed by atoms with Gasteiger partial charge in [0.1, 0.15) is 0 Å². The monoisotopic (exact) mass is 319 g/mol. The van der Waals surface area contributed by atoms with E-state index in [0.29, 0.717) is 32.2 Å². The second-order valence-corrected chi connectivity index (χ2v) is 5.35. The third-order valence-corrected chi connectivity index (χ3v) is 3.96. The fraction of sp³-hybridized carbons (Fsp3) is 0.0769. The van der Waals surface area contributed by atoms with E-state index in [1.54, 1.807) is 24.3 Å². The van der Waals surface area contributed by atoms with Gasteiger partial charge in [-0.15, -0.1) is 0 Å². The zero-order valence-corrected chi connectivity index (χ0v) is 12.2. The van der Waals surface area contributed by atoms with Crippen LogP contribution in [0.2, 0.25) is 20.1 Å². The molecule has 0 aliphatic carbocycles. The van der Waals surface area contributed by atoms with Crippen LogP contribution in [0.4, 0.5) is 0 Å². The van der Waals surface area contributed by atoms with Crippen LogP contribution in [-0.4, -0.2) is 0 Å². The van der Waals surface area contributed by atoms with Crippen molar-refractivity contribution in [3.05, 3.63) is 56.0 Å². The SMILES string of the molecule is NCc1ccc(Cl)cc1-c1c(Cl)ccc(Cl)c1Cl. The van der Waals surface area contributed by atoms with Crippen molar-refractivity contribution in [2.75, 3.05) is 0 Å². The summed E-state index contributed by atoms with van der Waals surface area (Å²) in [5.41, 5.74) is 8.09. The molecule has 2 N–H and O–H groups in total. The molecule has 0 amide bonds. The van der Waals surface area contributed by atoms with Gasteiger partial charge >= 0.3 is 0 Å². The van der Waals surface area contributed by atoms with E-state index in [9.17, 15) is 0 Å². The molecule has 0 fully saturated rings. The van der Waals surface area contributed by atoms with Gasteiger partial charge in [-0.2, -0.15) is 0 Å². The highest BCUT2D eigenvalue weighted by atomic mass is 35.5. The van der Waals surface area contributed by atoms with Crippen LogP contribution in [0.3, 0.4) is 0 Å². The molecule has 18 heavy (non-hydrogen) atoms. The van der Waals surface area contributed by atoms with E-state index in [-0.39, 0.29) is 0 Å². The Morgan fingerprint density at radius 3 is 2.22 bits per heavy atom. The van der Waals surface area contributed by atoms with E-state index in [1.165, 1.54) is 0 Å². The quantitative estimate of drug-likeness (QED) is 0.734. The molecule has 1 nitrogen and oxygen atoms in total. The Morgan fingerprint density at radius 1 is 0.889 bits per heavy atom. The van der Waals surface area contributed by atoms with E-state index in [1.807, 2.05) is 6.07 Å². The highest BCUT2D eigenvalue weighted by Gasteiger charge is 2.15. The topological polar surface area (TPSA) is 26.0 Å². The van der Waals surface area contributed by atoms with Crippen molar-refractivity contribution in [1.82, 2.24) is 0 Å². The molecule has 0 saturated heterocycles. The van der Waals surface area contributed by atoms with Gasteiger partial charge in [-0.05, 0) is 35.4 Å². The van der Waals surface area contributed by atoms with Crippen LogP contribution in [0.5, 0.6) is 0 Å². The first-order valence-electron chi connectivity index (χ1n) is 5.17. The van der Waals surface area contributed by atoms with E-state index in [0.717, 1.165) is 11.1 Å². The molecular weight excluding hydrogens is 312 g/mol. The second-order valence-electron chi connectivity index (χ2n) is 3.72. The Morgan fingerprint density at radius 2 is 1.56 bits per heavy atom. The van der Waals surface area contributed by atoms with Crippen LogP contribution >= 0.6 is 46.4 Å². The summed E-state index contributed by atoms with van der Waals surface area (Å²) < 4.78 is 0. The van der Waals surface area contributed by atoms with Crippen molar-refractivity contribution in [3.8, 4) is 11.1 Å². The molecule has 0 aliphatic heterocycles. The summed E-state index contributed by atoms with van der Waals surface area (Å²) in [6.07, 6.45) is 0. The minimum atomic E-state index is 0.367. The molecule has 0 unspecified atom stereocenters. The Hall–Kier alpha value is -0.440. The Kier molecular flexibility index (Phi) is 4.41. The van der Waals surface area contributed by atoms with Crippen LogP contribution in [0.25, 0.3) is 11.1 Å². The van der Waals surface area contributed by atoms with Crippen molar-refractivity contribution in [2.24, 2.45) is 5.73 Å². The molecule has 0 aliphatic rings. The first kappa shape index (κ1) is 14.0. The average Bonchev–Trinajstić information content (AvgIpc) is 2.35. The summed E-state index contributed by atoms with van der Waals surface area (Å²) in [5, 5.41) is 1.95. The van der Waals surface area contributed by atoms with Gasteiger partial charge in [0.15, 0.2) is 0 Å². The van der Waals surface area contributed by atoms with Crippen molar-refractivity contribution in [2.45, 2.75) is 6.54 Å². The summed E-state index contributed by atoms with van der Waals surface area (Å²) in [4.78, 5) is 0. The molecule has 0 heterocycles. The van der Waals surface area contributed by atoms with Gasteiger partial charge in [0.05, 0.1) is 15.1 Å². The molecule has 0 aromatic heterocycles. The number of nitrogens with two attached hydrogens (primary N) is 1. The van der Waals surface area contributed by atoms with E-state index < -0.39 is 0 Å². The van der Waals surface area contributed by atoms with Gasteiger partial charge in [-0.25, -0.2) is 0 Å². The fourth-order valence-electron chi connectivity index (χ4n) is 1.73. The van der Waals surface area contributed by atoms with Gasteiger partial charge in [-0.3, -0.25) is 0 Å². The normalized spacial score (nSPS) is 10.7. The number of rotatable bonds is 2. The van der Waals surface area contributed by atoms with Crippen molar-refractivity contribution < 1.29 is 0 Å². The minimum Gasteiger partial charge on any atom is -0.326 e. The fourth-order valence-corrected chi connectivity index (χ4v) is 2.64. The summed E-state index contributed by atoms with van der Waals surface area (Å²) in [7, 11) is 0. The summed E-state index contributed by atoms with van der Waals surface area (Å²) in [6, 6.07) is 8.77. The lowest BCUT2D eigenvalue weighted by molar-refractivity contribution is 1.07. The van der Waals surface area contributed by atoms with E-state index in [4.69, 9.17) is 52.1 Å². The van der Waals surface area contributed by atoms with Crippen LogP contribution in [-0.2, 0) is 6.54 Å². The number of halogens is 4. The van der Waals surface area contributed by atoms with Gasteiger partial charge in [0.2, 0.25) is 0 Å². The lowest BCUT2D eigenvalue weighted by Gasteiger charge is -2.13. The average molecular weight is 321 g/mol. The first-order chi connectivity index (χ1) is 8.54. The number of hydrogen-bond acceptors (Lipinski definition) is 1. The maximum Gasteiger partial charge on any atom is 0.0685 e. The van der Waals surface area contributed by atoms with Crippen molar-refractivity contribution in [1.29, 1.82) is 0 Å². The summed E-state index contributed by atoms with van der Waals surface area (Å²) in [5.74, 6) is 0. The summed E-state index contributed by atoms with van der Waals surface area (Å²) >= 11 is 24.4. The maximum atomic E-state index is 6.21. The predicted octanol–water partition coefficient (Wildman–Crippen LogP) is 5.43. The third-order valence-electron chi connectivity index (χ3n) is 2.61. The molecule has 0 atom stereocenters. The molecular formula is C13H9Cl4N. The largest absolute Gasteiger partial charge is 0.326 e. The van der Waals surface area contributed by atoms with Gasteiger partial charge in [-0.1, -0.05) is 52.5 Å². The van der Waals surface area contributed by atoms with E-state index in [2.05, 4.69) is 0 Å². The van der Waals surface area contributed by atoms with Crippen LogP contribution < -0.4 is 5.73 Å². The lowest BCUT2D eigenvalue weighted by Crippen LogP contribution is -1.99. The van der Waals surface area contributed by atoms with Gasteiger partial charge in [0.25, 0.3) is 0 Å². The van der Waals surface area contributed by atoms with Crippen LogP contribution in [0.1, 0.15) is 5.56 Å². The predicted molar refractivity (Wildman–Crippen MR) is 79.8 cm³/mol. The Bertz CT molecular complexity index is 596. The Labute approximate surface area is 125 Å². The smallest absolute Gasteiger partial charge is 0.0685 e. The first-order valence-corrected chi connectivity index (χ1v) is 6.68. The second kappa shape index (κ2) is 5.68. The molecule has 0 radical (unpaired) electrons. The zero-order chi connectivity index (χ0) is 13.3. The standard InChI is InChI=1S/C13H9Cl4N/c14-8-2-1-7(6-18)9(5-8)12-10(15)3-4-11(16)13(12)17/h1-5H,6,18H2. The summed E-state index contributed by atoms with van der Waals surface area (Å²) in [6.45, 7) is 0.367. The number of benzene rings is 2. The molecule has 0 saturated carbocycles. The molecule has 0 bridgehead atoms. The maximum absolute atomic E-state index is 6.21. The Balaban J connectivity index is 2.76. The van der Waals surface area contributed by atoms with Gasteiger partial charge in [0, 0.05) is 17.1 Å². The molecule has 2 aromatic rings. The van der Waals surface area contributed by atoms with Crippen LogP contribution in [0.15, 0.2) is 30.3 Å². The van der Waals surface area contributed by atoms with Crippen LogP contribution in [0, 0.1) is 0 Å². The molecule has 5 heteroatoms. The molecule has 2 aromatic carbocycles. The molecule has 0 spiro atoms. The third kappa shape index (κ3) is 2.61. The number of hydrogen-bond donors (Lipinski definition) is 1.